The maximum atomic E-state index is 5.39. The minimum atomic E-state index is 0.691. The van der Waals surface area contributed by atoms with Crippen molar-refractivity contribution in [1.29, 1.82) is 0 Å². The van der Waals surface area contributed by atoms with E-state index in [0.29, 0.717) is 6.54 Å². The minimum Gasteiger partial charge on any atom is -0.497 e. The van der Waals surface area contributed by atoms with E-state index in [2.05, 4.69) is 34.2 Å². The molecule has 2 aromatic rings. The van der Waals surface area contributed by atoms with Crippen LogP contribution >= 0.6 is 15.9 Å². The van der Waals surface area contributed by atoms with Crippen molar-refractivity contribution >= 4 is 21.6 Å². The third-order valence-corrected chi connectivity index (χ3v) is 3.77. The molecule has 0 aliphatic heterocycles. The topological polar surface area (TPSA) is 30.5 Å². The van der Waals surface area contributed by atoms with Gasteiger partial charge in [-0.1, -0.05) is 17.7 Å². The molecule has 1 N–H and O–H groups in total. The second kappa shape index (κ2) is 6.66. The highest BCUT2D eigenvalue weighted by atomic mass is 79.9. The van der Waals surface area contributed by atoms with Gasteiger partial charge in [0.15, 0.2) is 0 Å². The van der Waals surface area contributed by atoms with Gasteiger partial charge in [-0.15, -0.1) is 0 Å². The second-order valence-electron chi connectivity index (χ2n) is 4.51. The average molecular weight is 336 g/mol. The van der Waals surface area contributed by atoms with Crippen molar-refractivity contribution < 1.29 is 9.47 Å². The fourth-order valence-electron chi connectivity index (χ4n) is 2.00. The molecule has 106 valence electrons. The molecular weight excluding hydrogens is 318 g/mol. The van der Waals surface area contributed by atoms with Gasteiger partial charge in [0.05, 0.1) is 19.9 Å². The van der Waals surface area contributed by atoms with Crippen molar-refractivity contribution in [2.24, 2.45) is 0 Å². The van der Waals surface area contributed by atoms with Gasteiger partial charge in [0.2, 0.25) is 0 Å². The lowest BCUT2D eigenvalue weighted by Gasteiger charge is -2.13. The number of ether oxygens (including phenoxy) is 2. The van der Waals surface area contributed by atoms with Crippen molar-refractivity contribution in [2.75, 3.05) is 19.5 Å². The first-order valence-electron chi connectivity index (χ1n) is 6.35. The minimum absolute atomic E-state index is 0.691. The quantitative estimate of drug-likeness (QED) is 0.879. The van der Waals surface area contributed by atoms with Crippen LogP contribution in [-0.4, -0.2) is 14.2 Å². The van der Waals surface area contributed by atoms with Crippen LogP contribution in [0.2, 0.25) is 0 Å². The molecule has 0 saturated carbocycles. The second-order valence-corrected chi connectivity index (χ2v) is 5.37. The Morgan fingerprint density at radius 2 is 1.85 bits per heavy atom. The van der Waals surface area contributed by atoms with Gasteiger partial charge in [0.1, 0.15) is 11.5 Å². The van der Waals surface area contributed by atoms with E-state index >= 15 is 0 Å². The predicted molar refractivity (Wildman–Crippen MR) is 85.8 cm³/mol. The summed E-state index contributed by atoms with van der Waals surface area (Å²) in [5.74, 6) is 1.72. The Bertz CT molecular complexity index is 599. The van der Waals surface area contributed by atoms with Crippen LogP contribution in [0, 0.1) is 6.92 Å². The summed E-state index contributed by atoms with van der Waals surface area (Å²) in [6.07, 6.45) is 0. The average Bonchev–Trinajstić information content (AvgIpc) is 2.46. The smallest absolute Gasteiger partial charge is 0.123 e. The molecular formula is C16H18BrNO2. The summed E-state index contributed by atoms with van der Waals surface area (Å²) in [6.45, 7) is 2.76. The number of anilines is 1. The molecule has 0 heterocycles. The number of halogens is 1. The summed E-state index contributed by atoms with van der Waals surface area (Å²) in [5, 5.41) is 3.40. The van der Waals surface area contributed by atoms with Crippen LogP contribution in [0.5, 0.6) is 11.5 Å². The first-order chi connectivity index (χ1) is 9.63. The van der Waals surface area contributed by atoms with Crippen LogP contribution in [-0.2, 0) is 6.54 Å². The van der Waals surface area contributed by atoms with E-state index in [0.717, 1.165) is 27.2 Å². The molecule has 0 spiro atoms. The maximum Gasteiger partial charge on any atom is 0.123 e. The van der Waals surface area contributed by atoms with Gasteiger partial charge in [-0.2, -0.15) is 0 Å². The summed E-state index contributed by atoms with van der Waals surface area (Å²) >= 11 is 3.53. The number of methoxy groups -OCH3 is 2. The first-order valence-corrected chi connectivity index (χ1v) is 7.14. The van der Waals surface area contributed by atoms with Crippen LogP contribution < -0.4 is 14.8 Å². The third-order valence-electron chi connectivity index (χ3n) is 3.08. The fraction of sp³-hybridized carbons (Fsp3) is 0.250. The van der Waals surface area contributed by atoms with E-state index in [1.165, 1.54) is 5.56 Å². The lowest BCUT2D eigenvalue weighted by molar-refractivity contribution is 0.410. The molecule has 0 aliphatic carbocycles. The Labute approximate surface area is 128 Å². The highest BCUT2D eigenvalue weighted by Crippen LogP contribution is 2.28. The van der Waals surface area contributed by atoms with Gasteiger partial charge in [-0.3, -0.25) is 0 Å². The molecule has 0 fully saturated rings. The SMILES string of the molecule is COc1ccc(Br)c(NCc2cc(C)ccc2OC)c1. The lowest BCUT2D eigenvalue weighted by Crippen LogP contribution is -2.03. The highest BCUT2D eigenvalue weighted by Gasteiger charge is 2.06. The van der Waals surface area contributed by atoms with Crippen molar-refractivity contribution in [3.8, 4) is 11.5 Å². The Balaban J connectivity index is 2.18. The van der Waals surface area contributed by atoms with Crippen molar-refractivity contribution in [3.05, 3.63) is 52.0 Å². The predicted octanol–water partition coefficient (Wildman–Crippen LogP) is 4.39. The molecule has 0 radical (unpaired) electrons. The molecule has 0 aromatic heterocycles. The Morgan fingerprint density at radius 3 is 2.55 bits per heavy atom. The van der Waals surface area contributed by atoms with E-state index in [-0.39, 0.29) is 0 Å². The number of nitrogens with one attached hydrogen (secondary N) is 1. The Kier molecular flexibility index (Phi) is 4.90. The molecule has 0 saturated heterocycles. The number of rotatable bonds is 5. The molecule has 0 atom stereocenters. The Hall–Kier alpha value is -1.68. The third kappa shape index (κ3) is 3.45. The van der Waals surface area contributed by atoms with Crippen molar-refractivity contribution in [2.45, 2.75) is 13.5 Å². The highest BCUT2D eigenvalue weighted by molar-refractivity contribution is 9.10. The molecule has 0 unspecified atom stereocenters. The maximum absolute atomic E-state index is 5.39. The molecule has 0 amide bonds. The molecule has 4 heteroatoms. The van der Waals surface area contributed by atoms with Gasteiger partial charge in [0.25, 0.3) is 0 Å². The summed E-state index contributed by atoms with van der Waals surface area (Å²) in [4.78, 5) is 0. The summed E-state index contributed by atoms with van der Waals surface area (Å²) < 4.78 is 11.6. The number of hydrogen-bond acceptors (Lipinski definition) is 3. The van der Waals surface area contributed by atoms with E-state index in [4.69, 9.17) is 9.47 Å². The van der Waals surface area contributed by atoms with E-state index in [9.17, 15) is 0 Å². The largest absolute Gasteiger partial charge is 0.497 e. The number of benzene rings is 2. The Morgan fingerprint density at radius 1 is 1.05 bits per heavy atom. The van der Waals surface area contributed by atoms with E-state index in [1.807, 2.05) is 30.3 Å². The standard InChI is InChI=1S/C16H18BrNO2/c1-11-4-7-16(20-3)12(8-11)10-18-15-9-13(19-2)5-6-14(15)17/h4-9,18H,10H2,1-3H3. The molecule has 3 nitrogen and oxygen atoms in total. The van der Waals surface area contributed by atoms with Crippen LogP contribution in [0.1, 0.15) is 11.1 Å². The monoisotopic (exact) mass is 335 g/mol. The van der Waals surface area contributed by atoms with Gasteiger partial charge in [-0.05, 0) is 41.1 Å². The van der Waals surface area contributed by atoms with E-state index < -0.39 is 0 Å². The summed E-state index contributed by atoms with van der Waals surface area (Å²) in [7, 11) is 3.35. The van der Waals surface area contributed by atoms with Gasteiger partial charge >= 0.3 is 0 Å². The van der Waals surface area contributed by atoms with Gasteiger partial charge < -0.3 is 14.8 Å². The zero-order valence-electron chi connectivity index (χ0n) is 11.9. The molecule has 0 aliphatic rings. The van der Waals surface area contributed by atoms with Crippen LogP contribution in [0.25, 0.3) is 0 Å². The summed E-state index contributed by atoms with van der Waals surface area (Å²) in [5.41, 5.74) is 3.34. The molecule has 2 rings (SSSR count). The van der Waals surface area contributed by atoms with Crippen molar-refractivity contribution in [3.63, 3.8) is 0 Å². The van der Waals surface area contributed by atoms with Crippen LogP contribution in [0.3, 0.4) is 0 Å². The summed E-state index contributed by atoms with van der Waals surface area (Å²) in [6, 6.07) is 12.0. The van der Waals surface area contributed by atoms with E-state index in [1.54, 1.807) is 14.2 Å². The molecule has 0 bridgehead atoms. The zero-order chi connectivity index (χ0) is 14.5. The molecule has 2 aromatic carbocycles. The van der Waals surface area contributed by atoms with Crippen LogP contribution in [0.15, 0.2) is 40.9 Å². The van der Waals surface area contributed by atoms with Gasteiger partial charge in [0, 0.05) is 22.6 Å². The van der Waals surface area contributed by atoms with Crippen molar-refractivity contribution in [1.82, 2.24) is 0 Å². The zero-order valence-corrected chi connectivity index (χ0v) is 13.5. The van der Waals surface area contributed by atoms with Gasteiger partial charge in [-0.25, -0.2) is 0 Å². The van der Waals surface area contributed by atoms with Crippen LogP contribution in [0.4, 0.5) is 5.69 Å². The fourth-order valence-corrected chi connectivity index (χ4v) is 2.39. The molecule has 20 heavy (non-hydrogen) atoms. The first kappa shape index (κ1) is 14.7. The lowest BCUT2D eigenvalue weighted by atomic mass is 10.1. The number of hydrogen-bond donors (Lipinski definition) is 1. The normalized spacial score (nSPS) is 10.2. The number of aryl methyl sites for hydroxylation is 1.